The van der Waals surface area contributed by atoms with Crippen LogP contribution in [0, 0.1) is 12.7 Å². The molecule has 100 valence electrons. The average Bonchev–Trinajstić information content (AvgIpc) is 2.28. The normalized spacial score (nSPS) is 12.2. The second kappa shape index (κ2) is 7.41. The zero-order valence-corrected chi connectivity index (χ0v) is 11.9. The summed E-state index contributed by atoms with van der Waals surface area (Å²) in [5.41, 5.74) is 0.937. The summed E-state index contributed by atoms with van der Waals surface area (Å²) in [7, 11) is 0. The van der Waals surface area contributed by atoms with Crippen LogP contribution < -0.4 is 5.32 Å². The van der Waals surface area contributed by atoms with Gasteiger partial charge in [-0.2, -0.15) is 11.8 Å². The molecule has 0 aliphatic rings. The van der Waals surface area contributed by atoms with Gasteiger partial charge in [0, 0.05) is 6.04 Å². The molecule has 0 heterocycles. The first kappa shape index (κ1) is 15.0. The molecule has 1 amide bonds. The Morgan fingerprint density at radius 1 is 1.50 bits per heavy atom. The zero-order chi connectivity index (χ0) is 13.5. The lowest BCUT2D eigenvalue weighted by atomic mass is 10.1. The number of benzene rings is 1. The SMILES string of the molecule is CCSCCC(C)NC(=O)c1ccc(C)cc1F. The van der Waals surface area contributed by atoms with Crippen LogP contribution in [0.3, 0.4) is 0 Å². The van der Waals surface area contributed by atoms with Crippen LogP contribution in [0.5, 0.6) is 0 Å². The zero-order valence-electron chi connectivity index (χ0n) is 11.1. The number of carbonyl (C=O) groups is 1. The summed E-state index contributed by atoms with van der Waals surface area (Å²) in [4.78, 5) is 11.9. The van der Waals surface area contributed by atoms with E-state index in [9.17, 15) is 9.18 Å². The van der Waals surface area contributed by atoms with Crippen molar-refractivity contribution in [2.24, 2.45) is 0 Å². The molecule has 0 saturated heterocycles. The molecule has 0 aliphatic heterocycles. The van der Waals surface area contributed by atoms with Gasteiger partial charge in [0.2, 0.25) is 0 Å². The van der Waals surface area contributed by atoms with E-state index in [-0.39, 0.29) is 17.5 Å². The van der Waals surface area contributed by atoms with Gasteiger partial charge >= 0.3 is 0 Å². The van der Waals surface area contributed by atoms with Crippen LogP contribution in [0.1, 0.15) is 36.2 Å². The first-order valence-electron chi connectivity index (χ1n) is 6.19. The second-order valence-electron chi connectivity index (χ2n) is 4.34. The number of rotatable bonds is 6. The highest BCUT2D eigenvalue weighted by molar-refractivity contribution is 7.99. The quantitative estimate of drug-likeness (QED) is 0.802. The van der Waals surface area contributed by atoms with Gasteiger partial charge in [-0.05, 0) is 49.5 Å². The Hall–Kier alpha value is -1.03. The van der Waals surface area contributed by atoms with Crippen molar-refractivity contribution < 1.29 is 9.18 Å². The molecule has 0 aliphatic carbocycles. The first-order valence-corrected chi connectivity index (χ1v) is 7.34. The van der Waals surface area contributed by atoms with E-state index in [0.29, 0.717) is 0 Å². The van der Waals surface area contributed by atoms with Gasteiger partial charge in [0.25, 0.3) is 5.91 Å². The molecular weight excluding hydrogens is 249 g/mol. The fraction of sp³-hybridized carbons (Fsp3) is 0.500. The molecule has 18 heavy (non-hydrogen) atoms. The standard InChI is InChI=1S/C14H20FNOS/c1-4-18-8-7-11(3)16-14(17)12-6-5-10(2)9-13(12)15/h5-6,9,11H,4,7-8H2,1-3H3,(H,16,17). The molecule has 0 aromatic heterocycles. The van der Waals surface area contributed by atoms with E-state index >= 15 is 0 Å². The summed E-state index contributed by atoms with van der Waals surface area (Å²) in [6.07, 6.45) is 0.901. The van der Waals surface area contributed by atoms with E-state index < -0.39 is 5.82 Å². The molecule has 2 nitrogen and oxygen atoms in total. The Labute approximate surface area is 112 Å². The maximum absolute atomic E-state index is 13.6. The molecule has 0 fully saturated rings. The van der Waals surface area contributed by atoms with Crippen molar-refractivity contribution in [1.82, 2.24) is 5.32 Å². The van der Waals surface area contributed by atoms with Crippen molar-refractivity contribution in [3.8, 4) is 0 Å². The van der Waals surface area contributed by atoms with E-state index in [0.717, 1.165) is 23.5 Å². The second-order valence-corrected chi connectivity index (χ2v) is 5.74. The maximum atomic E-state index is 13.6. The third-order valence-corrected chi connectivity index (χ3v) is 3.58. The minimum absolute atomic E-state index is 0.0669. The molecule has 0 radical (unpaired) electrons. The number of nitrogens with one attached hydrogen (secondary N) is 1. The van der Waals surface area contributed by atoms with Crippen LogP contribution >= 0.6 is 11.8 Å². The summed E-state index contributed by atoms with van der Waals surface area (Å²) in [6.45, 7) is 5.85. The van der Waals surface area contributed by atoms with E-state index in [1.807, 2.05) is 18.7 Å². The van der Waals surface area contributed by atoms with Crippen LogP contribution in [0.25, 0.3) is 0 Å². The minimum atomic E-state index is -0.456. The van der Waals surface area contributed by atoms with E-state index in [4.69, 9.17) is 0 Å². The van der Waals surface area contributed by atoms with Gasteiger partial charge < -0.3 is 5.32 Å². The summed E-state index contributed by atoms with van der Waals surface area (Å²) >= 11 is 1.84. The number of amides is 1. The number of carbonyl (C=O) groups excluding carboxylic acids is 1. The highest BCUT2D eigenvalue weighted by atomic mass is 32.2. The van der Waals surface area contributed by atoms with Crippen molar-refractivity contribution in [1.29, 1.82) is 0 Å². The lowest BCUT2D eigenvalue weighted by Crippen LogP contribution is -2.33. The number of hydrogen-bond donors (Lipinski definition) is 1. The highest BCUT2D eigenvalue weighted by Gasteiger charge is 2.13. The molecule has 1 N–H and O–H groups in total. The number of halogens is 1. The molecule has 0 saturated carbocycles. The summed E-state index contributed by atoms with van der Waals surface area (Å²) in [5, 5.41) is 2.82. The Morgan fingerprint density at radius 3 is 2.83 bits per heavy atom. The highest BCUT2D eigenvalue weighted by Crippen LogP contribution is 2.11. The lowest BCUT2D eigenvalue weighted by molar-refractivity contribution is 0.0935. The van der Waals surface area contributed by atoms with Crippen molar-refractivity contribution in [2.45, 2.75) is 33.2 Å². The summed E-state index contributed by atoms with van der Waals surface area (Å²) in [6, 6.07) is 4.73. The maximum Gasteiger partial charge on any atom is 0.254 e. The molecule has 0 spiro atoms. The molecule has 4 heteroatoms. The monoisotopic (exact) mass is 269 g/mol. The Morgan fingerprint density at radius 2 is 2.22 bits per heavy atom. The van der Waals surface area contributed by atoms with Crippen molar-refractivity contribution in [3.63, 3.8) is 0 Å². The predicted octanol–water partition coefficient (Wildman–Crippen LogP) is 3.40. The van der Waals surface area contributed by atoms with Crippen LogP contribution in [0.15, 0.2) is 18.2 Å². The Bertz CT molecular complexity index is 409. The van der Waals surface area contributed by atoms with E-state index in [1.54, 1.807) is 13.0 Å². The van der Waals surface area contributed by atoms with E-state index in [1.165, 1.54) is 12.1 Å². The fourth-order valence-corrected chi connectivity index (χ4v) is 2.39. The van der Waals surface area contributed by atoms with Gasteiger partial charge in [-0.25, -0.2) is 4.39 Å². The van der Waals surface area contributed by atoms with E-state index in [2.05, 4.69) is 12.2 Å². The number of aryl methyl sites for hydroxylation is 1. The molecule has 0 bridgehead atoms. The molecule has 1 rings (SSSR count). The summed E-state index contributed by atoms with van der Waals surface area (Å²) < 4.78 is 13.6. The predicted molar refractivity (Wildman–Crippen MR) is 75.7 cm³/mol. The number of thioether (sulfide) groups is 1. The average molecular weight is 269 g/mol. The van der Waals surface area contributed by atoms with Crippen molar-refractivity contribution in [2.75, 3.05) is 11.5 Å². The molecular formula is C14H20FNOS. The van der Waals surface area contributed by atoms with Crippen molar-refractivity contribution in [3.05, 3.63) is 35.1 Å². The largest absolute Gasteiger partial charge is 0.349 e. The molecule has 1 atom stereocenters. The van der Waals surface area contributed by atoms with Crippen LogP contribution in [0.2, 0.25) is 0 Å². The molecule has 1 aromatic carbocycles. The Balaban J connectivity index is 2.54. The van der Waals surface area contributed by atoms with Gasteiger partial charge in [-0.1, -0.05) is 13.0 Å². The van der Waals surface area contributed by atoms with Gasteiger partial charge in [0.15, 0.2) is 0 Å². The third kappa shape index (κ3) is 4.69. The molecule has 1 unspecified atom stereocenters. The Kier molecular flexibility index (Phi) is 6.19. The van der Waals surface area contributed by atoms with Gasteiger partial charge in [0.05, 0.1) is 5.56 Å². The van der Waals surface area contributed by atoms with Crippen LogP contribution in [-0.2, 0) is 0 Å². The van der Waals surface area contributed by atoms with Gasteiger partial charge in [-0.3, -0.25) is 4.79 Å². The lowest BCUT2D eigenvalue weighted by Gasteiger charge is -2.14. The third-order valence-electron chi connectivity index (χ3n) is 2.65. The summed E-state index contributed by atoms with van der Waals surface area (Å²) in [5.74, 6) is 1.30. The van der Waals surface area contributed by atoms with Gasteiger partial charge in [-0.15, -0.1) is 0 Å². The minimum Gasteiger partial charge on any atom is -0.349 e. The van der Waals surface area contributed by atoms with Crippen molar-refractivity contribution >= 4 is 17.7 Å². The first-order chi connectivity index (χ1) is 8.54. The molecule has 1 aromatic rings. The number of hydrogen-bond acceptors (Lipinski definition) is 2. The topological polar surface area (TPSA) is 29.1 Å². The van der Waals surface area contributed by atoms with Crippen LogP contribution in [-0.4, -0.2) is 23.5 Å². The fourth-order valence-electron chi connectivity index (χ4n) is 1.58. The van der Waals surface area contributed by atoms with Gasteiger partial charge in [0.1, 0.15) is 5.82 Å². The smallest absolute Gasteiger partial charge is 0.254 e. The van der Waals surface area contributed by atoms with Crippen LogP contribution in [0.4, 0.5) is 4.39 Å².